The van der Waals surface area contributed by atoms with E-state index in [0.29, 0.717) is 26.1 Å². The van der Waals surface area contributed by atoms with Gasteiger partial charge in [0.25, 0.3) is 5.91 Å². The van der Waals surface area contributed by atoms with Crippen LogP contribution >= 0.6 is 0 Å². The third-order valence-electron chi connectivity index (χ3n) is 11.1. The van der Waals surface area contributed by atoms with Crippen molar-refractivity contribution in [2.24, 2.45) is 11.3 Å². The van der Waals surface area contributed by atoms with E-state index in [1.54, 1.807) is 33.4 Å². The van der Waals surface area contributed by atoms with E-state index in [2.05, 4.69) is 26.0 Å². The molecule has 5 atom stereocenters. The number of aryl methyl sites for hydroxylation is 1. The second-order valence-corrected chi connectivity index (χ2v) is 16.6. The molecule has 0 unspecified atom stereocenters. The molecule has 14 heteroatoms. The summed E-state index contributed by atoms with van der Waals surface area (Å²) in [6.07, 6.45) is 4.17. The predicted octanol–water partition coefficient (Wildman–Crippen LogP) is 5.50. The molecule has 0 saturated carbocycles. The highest BCUT2D eigenvalue weighted by atomic mass is 16.5. The molecule has 4 aromatic rings. The number of urea groups is 1. The summed E-state index contributed by atoms with van der Waals surface area (Å²) in [5.41, 5.74) is 7.66. The van der Waals surface area contributed by atoms with E-state index >= 15 is 0 Å². The number of ether oxygens (including phenoxy) is 1. The highest BCUT2D eigenvalue weighted by Crippen LogP contribution is 2.25. The lowest BCUT2D eigenvalue weighted by Gasteiger charge is -2.36. The number of nitrogens with one attached hydrogen (secondary N) is 3. The number of nitrogens with zero attached hydrogens (tertiary/aromatic N) is 5. The molecule has 3 heterocycles. The van der Waals surface area contributed by atoms with Crippen LogP contribution in [0.5, 0.6) is 0 Å². The molecule has 5 rings (SSSR count). The van der Waals surface area contributed by atoms with E-state index in [-0.39, 0.29) is 37.4 Å². The number of aliphatic hydroxyl groups is 1. The molecular formula is C46H60N8O6. The van der Waals surface area contributed by atoms with E-state index in [1.807, 2.05) is 120 Å². The molecule has 0 spiro atoms. The zero-order valence-corrected chi connectivity index (χ0v) is 35.8. The van der Waals surface area contributed by atoms with Crippen molar-refractivity contribution in [3.8, 4) is 11.3 Å². The minimum atomic E-state index is -1.21. The van der Waals surface area contributed by atoms with Crippen LogP contribution in [0, 0.1) is 18.3 Å². The molecule has 1 aliphatic rings. The molecule has 1 aliphatic heterocycles. The summed E-state index contributed by atoms with van der Waals surface area (Å²) in [5, 5.41) is 19.6. The number of amides is 5. The molecule has 4 N–H and O–H groups in total. The van der Waals surface area contributed by atoms with Crippen LogP contribution < -0.4 is 16.1 Å². The number of carbonyl (C=O) groups is 4. The summed E-state index contributed by atoms with van der Waals surface area (Å²) >= 11 is 0. The lowest BCUT2D eigenvalue weighted by Crippen LogP contribution is -2.60. The summed E-state index contributed by atoms with van der Waals surface area (Å²) < 4.78 is 4.83. The second-order valence-electron chi connectivity index (χ2n) is 16.6. The lowest BCUT2D eigenvalue weighted by atomic mass is 9.86. The molecule has 0 bridgehead atoms. The van der Waals surface area contributed by atoms with Gasteiger partial charge in [0.05, 0.1) is 24.9 Å². The van der Waals surface area contributed by atoms with E-state index in [9.17, 15) is 24.3 Å². The van der Waals surface area contributed by atoms with Crippen LogP contribution in [0.15, 0.2) is 97.5 Å². The number of benzene rings is 2. The third kappa shape index (κ3) is 12.1. The second kappa shape index (κ2) is 20.9. The molecule has 1 fully saturated rings. The summed E-state index contributed by atoms with van der Waals surface area (Å²) in [4.78, 5) is 66.9. The van der Waals surface area contributed by atoms with Crippen molar-refractivity contribution < 1.29 is 29.0 Å². The van der Waals surface area contributed by atoms with Gasteiger partial charge in [0.1, 0.15) is 12.1 Å². The quantitative estimate of drug-likeness (QED) is 0.0948. The number of pyridine rings is 2. The van der Waals surface area contributed by atoms with Gasteiger partial charge >= 0.3 is 12.1 Å². The van der Waals surface area contributed by atoms with Crippen molar-refractivity contribution in [3.05, 3.63) is 120 Å². The monoisotopic (exact) mass is 820 g/mol. The standard InChI is InChI=1S/C46H60N8O6/c1-8-31(2)40(54-25-24-52(45(54)59)29-36-27-47-23-21-32(36)3)42(56)49-38(26-33-14-10-9-11-15-33)39(55)30-53(51-43(57)41(46(4,5)6)50-44(58)60-7)28-34-17-19-35(20-18-34)37-16-12-13-22-48-37/h9-23,27,31,38-41,55H,8,24-26,28-30H2,1-7H3,(H,49,56)(H,50,58)(H,51,57)/t31-,38-,39-,40-,41+/m0/s1. The molecule has 5 amide bonds. The highest BCUT2D eigenvalue weighted by Gasteiger charge is 2.41. The molecule has 2 aromatic heterocycles. The topological polar surface area (TPSA) is 169 Å². The summed E-state index contributed by atoms with van der Waals surface area (Å²) in [5.74, 6) is -1.07. The Kier molecular flexibility index (Phi) is 15.8. The van der Waals surface area contributed by atoms with Gasteiger partial charge in [-0.1, -0.05) is 102 Å². The number of hydrazine groups is 1. The number of hydrogen-bond donors (Lipinski definition) is 4. The maximum Gasteiger partial charge on any atom is 0.407 e. The fourth-order valence-corrected chi connectivity index (χ4v) is 7.33. The van der Waals surface area contributed by atoms with E-state index < -0.39 is 41.6 Å². The first-order valence-corrected chi connectivity index (χ1v) is 20.6. The Bertz CT molecular complexity index is 2030. The van der Waals surface area contributed by atoms with Gasteiger partial charge in [0.15, 0.2) is 0 Å². The number of methoxy groups -OCH3 is 1. The minimum Gasteiger partial charge on any atom is -0.453 e. The maximum atomic E-state index is 14.5. The summed E-state index contributed by atoms with van der Waals surface area (Å²) in [6.45, 7) is 12.7. The first kappa shape index (κ1) is 45.2. The minimum absolute atomic E-state index is 0.102. The number of aliphatic hydroxyl groups excluding tert-OH is 1. The van der Waals surface area contributed by atoms with Gasteiger partial charge in [-0.2, -0.15) is 0 Å². The predicted molar refractivity (Wildman–Crippen MR) is 230 cm³/mol. The Morgan fingerprint density at radius 2 is 1.63 bits per heavy atom. The van der Waals surface area contributed by atoms with Gasteiger partial charge in [-0.3, -0.25) is 25.0 Å². The summed E-state index contributed by atoms with van der Waals surface area (Å²) in [7, 11) is 1.23. The van der Waals surface area contributed by atoms with Gasteiger partial charge in [0.2, 0.25) is 5.91 Å². The molecule has 320 valence electrons. The van der Waals surface area contributed by atoms with Crippen molar-refractivity contribution >= 4 is 23.9 Å². The molecule has 60 heavy (non-hydrogen) atoms. The number of aromatic nitrogens is 2. The van der Waals surface area contributed by atoms with Crippen LogP contribution in [0.2, 0.25) is 0 Å². The first-order chi connectivity index (χ1) is 28.7. The molecule has 2 aromatic carbocycles. The Balaban J connectivity index is 1.41. The maximum absolute atomic E-state index is 14.5. The fraction of sp³-hybridized carbons (Fsp3) is 0.435. The van der Waals surface area contributed by atoms with Crippen molar-refractivity contribution in [2.75, 3.05) is 26.7 Å². The SMILES string of the molecule is CC[C@H](C)[C@@H](C(=O)N[C@@H](Cc1ccccc1)[C@@H](O)CN(Cc1ccc(-c2ccccn2)cc1)NC(=O)[C@@H](NC(=O)OC)C(C)(C)C)N1CCN(Cc2cnccc2C)C1=O. The highest BCUT2D eigenvalue weighted by molar-refractivity contribution is 5.88. The van der Waals surface area contributed by atoms with Crippen LogP contribution in [0.1, 0.15) is 63.3 Å². The Morgan fingerprint density at radius 1 is 0.917 bits per heavy atom. The molecule has 0 radical (unpaired) electrons. The van der Waals surface area contributed by atoms with E-state index in [4.69, 9.17) is 4.74 Å². The molecule has 0 aliphatic carbocycles. The number of alkyl carbamates (subject to hydrolysis) is 1. The lowest BCUT2D eigenvalue weighted by molar-refractivity contribution is -0.132. The zero-order chi connectivity index (χ0) is 43.4. The normalized spacial score (nSPS) is 15.5. The van der Waals surface area contributed by atoms with E-state index in [1.165, 1.54) is 7.11 Å². The van der Waals surface area contributed by atoms with Crippen LogP contribution in [-0.2, 0) is 33.8 Å². The Morgan fingerprint density at radius 3 is 2.27 bits per heavy atom. The Labute approximate surface area is 353 Å². The fourth-order valence-electron chi connectivity index (χ4n) is 7.33. The van der Waals surface area contributed by atoms with Crippen molar-refractivity contribution in [1.29, 1.82) is 0 Å². The number of carbonyl (C=O) groups excluding carboxylic acids is 4. The van der Waals surface area contributed by atoms with Crippen LogP contribution in [0.4, 0.5) is 9.59 Å². The first-order valence-electron chi connectivity index (χ1n) is 20.6. The van der Waals surface area contributed by atoms with Crippen molar-refractivity contribution in [2.45, 2.75) is 91.7 Å². The largest absolute Gasteiger partial charge is 0.453 e. The van der Waals surface area contributed by atoms with Crippen LogP contribution in [-0.4, -0.2) is 105 Å². The van der Waals surface area contributed by atoms with Crippen molar-refractivity contribution in [1.82, 2.24) is 40.8 Å². The number of hydrogen-bond acceptors (Lipinski definition) is 9. The average Bonchev–Trinajstić information content (AvgIpc) is 3.58. The van der Waals surface area contributed by atoms with Crippen LogP contribution in [0.3, 0.4) is 0 Å². The average molecular weight is 821 g/mol. The molecule has 1 saturated heterocycles. The molecule has 14 nitrogen and oxygen atoms in total. The third-order valence-corrected chi connectivity index (χ3v) is 11.1. The van der Waals surface area contributed by atoms with Gasteiger partial charge in [-0.05, 0) is 65.1 Å². The van der Waals surface area contributed by atoms with Gasteiger partial charge in [-0.15, -0.1) is 0 Å². The van der Waals surface area contributed by atoms with Crippen molar-refractivity contribution in [3.63, 3.8) is 0 Å². The Hall–Kier alpha value is -5.86. The molecular weight excluding hydrogens is 761 g/mol. The summed E-state index contributed by atoms with van der Waals surface area (Å²) in [6, 6.07) is 22.0. The van der Waals surface area contributed by atoms with Gasteiger partial charge < -0.3 is 30.3 Å². The van der Waals surface area contributed by atoms with Gasteiger partial charge in [0, 0.05) is 56.9 Å². The van der Waals surface area contributed by atoms with E-state index in [0.717, 1.165) is 33.5 Å². The van der Waals surface area contributed by atoms with Gasteiger partial charge in [-0.25, -0.2) is 14.6 Å². The smallest absolute Gasteiger partial charge is 0.407 e. The zero-order valence-electron chi connectivity index (χ0n) is 35.8. The number of rotatable bonds is 18. The van der Waals surface area contributed by atoms with Crippen LogP contribution in [0.25, 0.3) is 11.3 Å².